The summed E-state index contributed by atoms with van der Waals surface area (Å²) in [6.45, 7) is 0. The Bertz CT molecular complexity index is 739. The average Bonchev–Trinajstić information content (AvgIpc) is 3.07. The Morgan fingerprint density at radius 2 is 1.95 bits per heavy atom. The molecule has 0 amide bonds. The predicted molar refractivity (Wildman–Crippen MR) is 76.3 cm³/mol. The number of aryl methyl sites for hydroxylation is 1. The molecule has 2 aromatic heterocycles. The lowest BCUT2D eigenvalue weighted by Gasteiger charge is -1.93. The van der Waals surface area contributed by atoms with E-state index in [1.807, 2.05) is 49.7 Å². The lowest BCUT2D eigenvalue weighted by Crippen LogP contribution is -1.88. The molecule has 0 radical (unpaired) electrons. The molecule has 0 spiro atoms. The minimum Gasteiger partial charge on any atom is -0.399 e. The van der Waals surface area contributed by atoms with Crippen LogP contribution in [0.5, 0.6) is 0 Å². The summed E-state index contributed by atoms with van der Waals surface area (Å²) in [4.78, 5) is 4.26. The molecule has 20 heavy (non-hydrogen) atoms. The second kappa shape index (κ2) is 5.00. The molecule has 0 aliphatic rings. The molecule has 2 heterocycles. The van der Waals surface area contributed by atoms with Gasteiger partial charge in [0.25, 0.3) is 5.89 Å². The summed E-state index contributed by atoms with van der Waals surface area (Å²) >= 11 is 0. The van der Waals surface area contributed by atoms with Crippen LogP contribution in [0.2, 0.25) is 0 Å². The van der Waals surface area contributed by atoms with Gasteiger partial charge in [0.15, 0.2) is 0 Å². The summed E-state index contributed by atoms with van der Waals surface area (Å²) in [5.74, 6) is 0.907. The average molecular weight is 267 g/mol. The summed E-state index contributed by atoms with van der Waals surface area (Å²) in [5.41, 5.74) is 8.06. The Balaban J connectivity index is 1.78. The van der Waals surface area contributed by atoms with Gasteiger partial charge in [0.05, 0.1) is 0 Å². The van der Waals surface area contributed by atoms with E-state index in [1.165, 1.54) is 0 Å². The van der Waals surface area contributed by atoms with Crippen molar-refractivity contribution < 1.29 is 4.52 Å². The van der Waals surface area contributed by atoms with Crippen molar-refractivity contribution in [3.63, 3.8) is 0 Å². The van der Waals surface area contributed by atoms with Crippen LogP contribution >= 0.6 is 0 Å². The van der Waals surface area contributed by atoms with Crippen molar-refractivity contribution in [1.29, 1.82) is 0 Å². The van der Waals surface area contributed by atoms with Crippen LogP contribution < -0.4 is 5.73 Å². The van der Waals surface area contributed by atoms with Crippen LogP contribution in [-0.4, -0.2) is 19.9 Å². The van der Waals surface area contributed by atoms with Gasteiger partial charge >= 0.3 is 0 Å². The Morgan fingerprint density at radius 3 is 2.65 bits per heavy atom. The lowest BCUT2D eigenvalue weighted by molar-refractivity contribution is 0.411. The highest BCUT2D eigenvalue weighted by Gasteiger charge is 2.08. The lowest BCUT2D eigenvalue weighted by atomic mass is 10.2. The summed E-state index contributed by atoms with van der Waals surface area (Å²) in [6.07, 6.45) is 5.47. The van der Waals surface area contributed by atoms with E-state index < -0.39 is 0 Å². The van der Waals surface area contributed by atoms with Crippen molar-refractivity contribution in [3.8, 4) is 11.5 Å². The molecule has 3 rings (SSSR count). The highest BCUT2D eigenvalue weighted by atomic mass is 16.5. The van der Waals surface area contributed by atoms with Gasteiger partial charge in [-0.05, 0) is 29.8 Å². The number of anilines is 1. The van der Waals surface area contributed by atoms with Gasteiger partial charge in [-0.3, -0.25) is 4.68 Å². The molecule has 0 aliphatic heterocycles. The van der Waals surface area contributed by atoms with Crippen LogP contribution in [0.15, 0.2) is 41.1 Å². The zero-order chi connectivity index (χ0) is 13.9. The number of nitrogens with two attached hydrogens (primary N) is 1. The van der Waals surface area contributed by atoms with Crippen molar-refractivity contribution in [2.75, 3.05) is 5.73 Å². The fraction of sp³-hybridized carbons (Fsp3) is 0.0714. The minimum atomic E-state index is 0.433. The first-order chi connectivity index (χ1) is 9.70. The largest absolute Gasteiger partial charge is 0.399 e. The van der Waals surface area contributed by atoms with E-state index in [1.54, 1.807) is 10.8 Å². The Hall–Kier alpha value is -2.89. The van der Waals surface area contributed by atoms with Gasteiger partial charge in [0.2, 0.25) is 5.82 Å². The van der Waals surface area contributed by atoms with Crippen molar-refractivity contribution in [2.45, 2.75) is 0 Å². The molecule has 0 saturated carbocycles. The van der Waals surface area contributed by atoms with Crippen LogP contribution in [0.3, 0.4) is 0 Å². The number of nitrogen functional groups attached to an aromatic ring is 1. The fourth-order valence-corrected chi connectivity index (χ4v) is 1.72. The van der Waals surface area contributed by atoms with Gasteiger partial charge in [-0.15, -0.1) is 0 Å². The zero-order valence-electron chi connectivity index (χ0n) is 10.9. The zero-order valence-corrected chi connectivity index (χ0v) is 10.9. The molecule has 6 nitrogen and oxygen atoms in total. The summed E-state index contributed by atoms with van der Waals surface area (Å²) in [6, 6.07) is 9.35. The smallest absolute Gasteiger partial charge is 0.251 e. The number of hydrogen-bond donors (Lipinski definition) is 1. The predicted octanol–water partition coefficient (Wildman–Crippen LogP) is 2.22. The van der Waals surface area contributed by atoms with Crippen LogP contribution in [0.1, 0.15) is 11.5 Å². The van der Waals surface area contributed by atoms with E-state index in [0.717, 1.165) is 11.3 Å². The minimum absolute atomic E-state index is 0.433. The molecular formula is C14H13N5O. The first kappa shape index (κ1) is 12.2. The van der Waals surface area contributed by atoms with Crippen molar-refractivity contribution >= 4 is 17.8 Å². The molecule has 0 unspecified atom stereocenters. The highest BCUT2D eigenvalue weighted by Crippen LogP contribution is 2.14. The molecule has 3 aromatic rings. The van der Waals surface area contributed by atoms with Gasteiger partial charge in [0.1, 0.15) is 5.69 Å². The van der Waals surface area contributed by atoms with Gasteiger partial charge in [0, 0.05) is 25.0 Å². The Kier molecular flexibility index (Phi) is 3.04. The Labute approximate surface area is 115 Å². The van der Waals surface area contributed by atoms with Gasteiger partial charge < -0.3 is 10.3 Å². The third kappa shape index (κ3) is 2.59. The highest BCUT2D eigenvalue weighted by molar-refractivity contribution is 5.67. The number of benzene rings is 1. The maximum atomic E-state index is 5.63. The number of rotatable bonds is 3. The first-order valence-corrected chi connectivity index (χ1v) is 6.08. The van der Waals surface area contributed by atoms with E-state index in [4.69, 9.17) is 10.3 Å². The van der Waals surface area contributed by atoms with Crippen LogP contribution in [0.25, 0.3) is 23.7 Å². The van der Waals surface area contributed by atoms with Crippen LogP contribution in [0.4, 0.5) is 5.69 Å². The number of aromatic nitrogens is 4. The fourth-order valence-electron chi connectivity index (χ4n) is 1.72. The molecule has 100 valence electrons. The van der Waals surface area contributed by atoms with Crippen LogP contribution in [0, 0.1) is 0 Å². The second-order valence-electron chi connectivity index (χ2n) is 4.33. The molecule has 0 saturated heterocycles. The molecule has 0 aliphatic carbocycles. The monoisotopic (exact) mass is 267 g/mol. The summed E-state index contributed by atoms with van der Waals surface area (Å²) in [7, 11) is 1.84. The van der Waals surface area contributed by atoms with E-state index in [-0.39, 0.29) is 0 Å². The first-order valence-electron chi connectivity index (χ1n) is 6.08. The van der Waals surface area contributed by atoms with E-state index >= 15 is 0 Å². The van der Waals surface area contributed by atoms with E-state index in [2.05, 4.69) is 15.2 Å². The third-order valence-corrected chi connectivity index (χ3v) is 2.74. The number of nitrogens with zero attached hydrogens (tertiary/aromatic N) is 4. The topological polar surface area (TPSA) is 82.8 Å². The molecule has 2 N–H and O–H groups in total. The van der Waals surface area contributed by atoms with Crippen molar-refractivity contribution in [3.05, 3.63) is 48.0 Å². The van der Waals surface area contributed by atoms with E-state index in [0.29, 0.717) is 17.4 Å². The quantitative estimate of drug-likeness (QED) is 0.736. The maximum absolute atomic E-state index is 5.63. The SMILES string of the molecule is Cn1ccc(-c2noc(/C=C/c3ccc(N)cc3)n2)n1. The normalized spacial score (nSPS) is 11.2. The molecule has 1 aromatic carbocycles. The van der Waals surface area contributed by atoms with Gasteiger partial charge in [-0.1, -0.05) is 17.3 Å². The van der Waals surface area contributed by atoms with Crippen LogP contribution in [-0.2, 0) is 7.05 Å². The maximum Gasteiger partial charge on any atom is 0.251 e. The molecule has 0 bridgehead atoms. The van der Waals surface area contributed by atoms with E-state index in [9.17, 15) is 0 Å². The molecular weight excluding hydrogens is 254 g/mol. The van der Waals surface area contributed by atoms with Crippen molar-refractivity contribution in [2.24, 2.45) is 7.05 Å². The molecule has 0 fully saturated rings. The summed E-state index contributed by atoms with van der Waals surface area (Å²) in [5, 5.41) is 8.11. The standard InChI is InChI=1S/C14H13N5O/c1-19-9-8-12(17-19)14-16-13(20-18-14)7-4-10-2-5-11(15)6-3-10/h2-9H,15H2,1H3/b7-4+. The molecule has 0 atom stereocenters. The van der Waals surface area contributed by atoms with Crippen molar-refractivity contribution in [1.82, 2.24) is 19.9 Å². The summed E-state index contributed by atoms with van der Waals surface area (Å²) < 4.78 is 6.84. The Morgan fingerprint density at radius 1 is 1.15 bits per heavy atom. The van der Waals surface area contributed by atoms with Gasteiger partial charge in [-0.25, -0.2) is 0 Å². The molecule has 6 heteroatoms. The second-order valence-corrected chi connectivity index (χ2v) is 4.33. The van der Waals surface area contributed by atoms with Gasteiger partial charge in [-0.2, -0.15) is 10.1 Å². The third-order valence-electron chi connectivity index (χ3n) is 2.74. The number of hydrogen-bond acceptors (Lipinski definition) is 5.